The predicted molar refractivity (Wildman–Crippen MR) is 108 cm³/mol. The van der Waals surface area contributed by atoms with E-state index in [0.29, 0.717) is 19.1 Å². The number of hydrogen-bond acceptors (Lipinski definition) is 2. The number of allylic oxidation sites excluding steroid dienone is 3. The van der Waals surface area contributed by atoms with E-state index in [4.69, 9.17) is 11.6 Å². The van der Waals surface area contributed by atoms with Crippen LogP contribution in [-0.4, -0.2) is 35.3 Å². The van der Waals surface area contributed by atoms with Crippen LogP contribution in [0.2, 0.25) is 5.02 Å². The highest BCUT2D eigenvalue weighted by Crippen LogP contribution is 2.38. The Labute approximate surface area is 169 Å². The minimum Gasteiger partial charge on any atom is -0.366 e. The zero-order valence-corrected chi connectivity index (χ0v) is 17.8. The molecule has 2 aliphatic heterocycles. The number of benzene rings is 1. The number of hydrogen-bond donors (Lipinski definition) is 0. The molecule has 0 saturated carbocycles. The molecule has 0 atom stereocenters. The van der Waals surface area contributed by atoms with Crippen LogP contribution in [0.3, 0.4) is 0 Å². The van der Waals surface area contributed by atoms with Crippen molar-refractivity contribution in [3.63, 3.8) is 0 Å². The first kappa shape index (κ1) is 17.7. The Morgan fingerprint density at radius 3 is 2.68 bits per heavy atom. The summed E-state index contributed by atoms with van der Waals surface area (Å²) in [6.45, 7) is 2.19. The van der Waals surface area contributed by atoms with Gasteiger partial charge in [0.05, 0.1) is 0 Å². The lowest BCUT2D eigenvalue weighted by molar-refractivity contribution is -0.560. The average Bonchev–Trinajstić information content (AvgIpc) is 2.75. The quantitative estimate of drug-likeness (QED) is 0.497. The second-order valence-corrected chi connectivity index (χ2v) is 9.36. The molecule has 132 valence electrons. The van der Waals surface area contributed by atoms with Gasteiger partial charge in [0.1, 0.15) is 0 Å². The Morgan fingerprint density at radius 2 is 1.92 bits per heavy atom. The highest BCUT2D eigenvalue weighted by Gasteiger charge is 2.33. The summed E-state index contributed by atoms with van der Waals surface area (Å²) >= 11 is 13.7. The highest BCUT2D eigenvalue weighted by molar-refractivity contribution is 9.11. The van der Waals surface area contributed by atoms with Crippen molar-refractivity contribution in [2.75, 3.05) is 19.6 Å². The second kappa shape index (κ2) is 7.16. The molecule has 1 aliphatic carbocycles. The molecule has 0 aromatic heterocycles. The fourth-order valence-electron chi connectivity index (χ4n) is 4.21. The van der Waals surface area contributed by atoms with Crippen LogP contribution < -0.4 is 0 Å². The molecule has 1 saturated heterocycles. The minimum atomic E-state index is 0.448. The first-order valence-corrected chi connectivity index (χ1v) is 10.7. The van der Waals surface area contributed by atoms with Gasteiger partial charge in [-0.25, -0.2) is 0 Å². The normalized spacial score (nSPS) is 21.6. The molecule has 0 bridgehead atoms. The van der Waals surface area contributed by atoms with Gasteiger partial charge in [-0.1, -0.05) is 43.5 Å². The standard InChI is InChI=1S/C19H20Br2ClN2O/c20-14-7-13-2-1-12-8-15(22)9-18(21)17(12)10-19(13)24(11-14)16-3-5-23(25)6-4-16/h7-9,16H,1-6,10-11H2/q+1. The van der Waals surface area contributed by atoms with Crippen LogP contribution in [0.4, 0.5) is 0 Å². The van der Waals surface area contributed by atoms with E-state index >= 15 is 0 Å². The zero-order chi connectivity index (χ0) is 17.6. The molecular formula is C19H20Br2ClN2O+. The van der Waals surface area contributed by atoms with E-state index in [2.05, 4.69) is 48.9 Å². The molecule has 0 amide bonds. The third kappa shape index (κ3) is 3.60. The summed E-state index contributed by atoms with van der Waals surface area (Å²) in [7, 11) is 0. The number of rotatable bonds is 1. The average molecular weight is 488 g/mol. The number of halogens is 3. The van der Waals surface area contributed by atoms with Gasteiger partial charge in [0.2, 0.25) is 0 Å². The van der Waals surface area contributed by atoms with E-state index < -0.39 is 0 Å². The van der Waals surface area contributed by atoms with Gasteiger partial charge in [-0.2, -0.15) is 0 Å². The second-order valence-electron chi connectivity index (χ2n) is 7.05. The summed E-state index contributed by atoms with van der Waals surface area (Å²) in [5.41, 5.74) is 5.54. The summed E-state index contributed by atoms with van der Waals surface area (Å²) in [5, 5.41) is 0.793. The molecule has 4 rings (SSSR count). The van der Waals surface area contributed by atoms with E-state index in [9.17, 15) is 4.91 Å². The smallest absolute Gasteiger partial charge is 0.194 e. The number of piperidine rings is 1. The van der Waals surface area contributed by atoms with Gasteiger partial charge in [0.15, 0.2) is 13.1 Å². The fourth-order valence-corrected chi connectivity index (χ4v) is 5.77. The number of nitrogens with zero attached hydrogens (tertiary/aromatic N) is 2. The van der Waals surface area contributed by atoms with Gasteiger partial charge in [0, 0.05) is 56.4 Å². The zero-order valence-electron chi connectivity index (χ0n) is 13.9. The van der Waals surface area contributed by atoms with Crippen LogP contribution in [0.15, 0.2) is 38.4 Å². The van der Waals surface area contributed by atoms with Crippen molar-refractivity contribution >= 4 is 43.5 Å². The summed E-state index contributed by atoms with van der Waals surface area (Å²) in [6.07, 6.45) is 7.15. The molecule has 1 aromatic rings. The van der Waals surface area contributed by atoms with Gasteiger partial charge in [0.25, 0.3) is 0 Å². The number of aryl methyl sites for hydroxylation is 1. The Balaban J connectivity index is 1.70. The monoisotopic (exact) mass is 485 g/mol. The van der Waals surface area contributed by atoms with Crippen LogP contribution in [0.5, 0.6) is 0 Å². The molecule has 0 N–H and O–H groups in total. The maximum Gasteiger partial charge on any atom is 0.194 e. The van der Waals surface area contributed by atoms with Crippen molar-refractivity contribution in [3.8, 4) is 0 Å². The van der Waals surface area contributed by atoms with Crippen molar-refractivity contribution in [3.05, 3.63) is 59.5 Å². The molecular weight excluding hydrogens is 467 g/mol. The van der Waals surface area contributed by atoms with Crippen molar-refractivity contribution < 1.29 is 4.76 Å². The van der Waals surface area contributed by atoms with E-state index in [1.165, 1.54) is 31.6 Å². The highest BCUT2D eigenvalue weighted by atomic mass is 79.9. The molecule has 2 heterocycles. The van der Waals surface area contributed by atoms with Gasteiger partial charge >= 0.3 is 0 Å². The molecule has 0 spiro atoms. The van der Waals surface area contributed by atoms with Crippen LogP contribution in [-0.2, 0) is 12.8 Å². The minimum absolute atomic E-state index is 0.448. The van der Waals surface area contributed by atoms with Crippen molar-refractivity contribution in [2.24, 2.45) is 0 Å². The first-order valence-electron chi connectivity index (χ1n) is 8.75. The summed E-state index contributed by atoms with van der Waals surface area (Å²) in [4.78, 5) is 14.1. The number of nitroso groups, excluding NO2 is 1. The predicted octanol–water partition coefficient (Wildman–Crippen LogP) is 5.38. The molecule has 0 radical (unpaired) electrons. The van der Waals surface area contributed by atoms with Crippen molar-refractivity contribution in [1.82, 2.24) is 4.90 Å². The Kier molecular flexibility index (Phi) is 5.09. The molecule has 3 nitrogen and oxygen atoms in total. The Hall–Kier alpha value is -0.650. The largest absolute Gasteiger partial charge is 0.366 e. The maximum absolute atomic E-state index is 11.6. The summed E-state index contributed by atoms with van der Waals surface area (Å²) in [6, 6.07) is 4.56. The van der Waals surface area contributed by atoms with Gasteiger partial charge in [-0.05, 0) is 52.5 Å². The lowest BCUT2D eigenvalue weighted by Crippen LogP contribution is -2.43. The lowest BCUT2D eigenvalue weighted by atomic mass is 9.97. The van der Waals surface area contributed by atoms with Gasteiger partial charge in [-0.3, -0.25) is 0 Å². The Bertz CT molecular complexity index is 793. The van der Waals surface area contributed by atoms with Crippen LogP contribution in [0.25, 0.3) is 0 Å². The Morgan fingerprint density at radius 1 is 1.16 bits per heavy atom. The maximum atomic E-state index is 11.6. The molecule has 6 heteroatoms. The molecule has 1 fully saturated rings. The first-order chi connectivity index (χ1) is 12.0. The number of fused-ring (bicyclic) bond motifs is 1. The van der Waals surface area contributed by atoms with Crippen molar-refractivity contribution in [2.45, 2.75) is 38.1 Å². The van der Waals surface area contributed by atoms with Crippen molar-refractivity contribution in [1.29, 1.82) is 0 Å². The van der Waals surface area contributed by atoms with Gasteiger partial charge < -0.3 is 4.90 Å². The van der Waals surface area contributed by atoms with E-state index in [0.717, 1.165) is 48.1 Å². The van der Waals surface area contributed by atoms with E-state index in [1.54, 1.807) is 0 Å². The van der Waals surface area contributed by atoms with Crippen LogP contribution in [0.1, 0.15) is 30.4 Å². The summed E-state index contributed by atoms with van der Waals surface area (Å²) in [5.74, 6) is 0. The van der Waals surface area contributed by atoms with Crippen LogP contribution >= 0.6 is 43.5 Å². The molecule has 3 aliphatic rings. The van der Waals surface area contributed by atoms with E-state index in [-0.39, 0.29) is 0 Å². The van der Waals surface area contributed by atoms with E-state index in [1.807, 2.05) is 6.07 Å². The molecule has 25 heavy (non-hydrogen) atoms. The SMILES string of the molecule is O=[N+]1CCC(N2CC(Br)=CC3=C2Cc2c(Br)cc(Cl)cc2CC3)CC1. The fraction of sp³-hybridized carbons (Fsp3) is 0.474. The molecule has 1 aromatic carbocycles. The molecule has 0 unspecified atom stereocenters. The third-order valence-corrected chi connectivity index (χ3v) is 6.90. The lowest BCUT2D eigenvalue weighted by Gasteiger charge is -2.39. The van der Waals surface area contributed by atoms with Crippen LogP contribution in [0, 0.1) is 4.91 Å². The third-order valence-electron chi connectivity index (χ3n) is 5.49. The summed E-state index contributed by atoms with van der Waals surface area (Å²) < 4.78 is 3.53. The topological polar surface area (TPSA) is 23.3 Å². The van der Waals surface area contributed by atoms with Gasteiger partial charge in [-0.15, -0.1) is 0 Å².